The average Bonchev–Trinajstić information content (AvgIpc) is 2.34. The van der Waals surface area contributed by atoms with Gasteiger partial charge in [-0.2, -0.15) is 5.26 Å². The van der Waals surface area contributed by atoms with Gasteiger partial charge < -0.3 is 0 Å². The molecular weight excluding hydrogens is 243 g/mol. The van der Waals surface area contributed by atoms with Crippen molar-refractivity contribution in [3.8, 4) is 17.3 Å². The fourth-order valence-corrected chi connectivity index (χ4v) is 1.45. The van der Waals surface area contributed by atoms with Gasteiger partial charge in [-0.1, -0.05) is 17.7 Å². The lowest BCUT2D eigenvalue weighted by molar-refractivity contribution is 0.628. The number of nitrogens with zero attached hydrogens (tertiary/aromatic N) is 3. The van der Waals surface area contributed by atoms with Crippen LogP contribution in [-0.4, -0.2) is 9.97 Å². The minimum absolute atomic E-state index is 0.0433. The van der Waals surface area contributed by atoms with Crippen LogP contribution in [0.3, 0.4) is 0 Å². The van der Waals surface area contributed by atoms with Gasteiger partial charge in [0.25, 0.3) is 0 Å². The number of benzene rings is 1. The topological polar surface area (TPSA) is 61.6 Å². The highest BCUT2D eigenvalue weighted by molar-refractivity contribution is 6.31. The van der Waals surface area contributed by atoms with E-state index >= 15 is 0 Å². The van der Waals surface area contributed by atoms with Crippen molar-refractivity contribution in [1.29, 1.82) is 5.26 Å². The molecule has 17 heavy (non-hydrogen) atoms. The Bertz CT molecular complexity index is 577. The number of rotatable bonds is 2. The van der Waals surface area contributed by atoms with Crippen molar-refractivity contribution in [1.82, 2.24) is 9.97 Å². The van der Waals surface area contributed by atoms with Gasteiger partial charge in [0.2, 0.25) is 5.95 Å². The lowest BCUT2D eigenvalue weighted by Gasteiger charge is -2.02. The van der Waals surface area contributed by atoms with E-state index in [1.165, 1.54) is 24.5 Å². The fraction of sp³-hybridized carbons (Fsp3) is 0. The second-order valence-corrected chi connectivity index (χ2v) is 3.57. The van der Waals surface area contributed by atoms with E-state index < -0.39 is 5.82 Å². The van der Waals surface area contributed by atoms with Gasteiger partial charge in [-0.05, 0) is 17.7 Å². The molecule has 84 valence electrons. The summed E-state index contributed by atoms with van der Waals surface area (Å²) in [7, 11) is 0. The van der Waals surface area contributed by atoms with Crippen LogP contribution >= 0.6 is 11.6 Å². The Morgan fingerprint density at radius 2 is 1.94 bits per heavy atom. The van der Waals surface area contributed by atoms with E-state index in [9.17, 15) is 4.39 Å². The van der Waals surface area contributed by atoms with Gasteiger partial charge in [-0.3, -0.25) is 5.32 Å². The smallest absolute Gasteiger partial charge is 0.236 e. The second kappa shape index (κ2) is 4.76. The molecule has 4 nitrogen and oxygen atoms in total. The van der Waals surface area contributed by atoms with Gasteiger partial charge in [0.1, 0.15) is 5.82 Å². The zero-order valence-electron chi connectivity index (χ0n) is 8.48. The number of halogens is 2. The summed E-state index contributed by atoms with van der Waals surface area (Å²) in [5.41, 5.74) is 1.40. The Balaban J connectivity index is 2.33. The third kappa shape index (κ3) is 2.49. The molecule has 0 saturated heterocycles. The molecule has 1 aromatic heterocycles. The minimum Gasteiger partial charge on any atom is -0.261 e. The van der Waals surface area contributed by atoms with E-state index in [4.69, 9.17) is 16.9 Å². The maximum Gasteiger partial charge on any atom is 0.236 e. The first-order valence-corrected chi connectivity index (χ1v) is 5.01. The van der Waals surface area contributed by atoms with Gasteiger partial charge in [0, 0.05) is 18.0 Å². The summed E-state index contributed by atoms with van der Waals surface area (Å²) in [5, 5.41) is 10.7. The molecule has 1 aromatic carbocycles. The maximum atomic E-state index is 13.0. The van der Waals surface area contributed by atoms with E-state index in [0.29, 0.717) is 11.1 Å². The molecule has 2 aromatic rings. The van der Waals surface area contributed by atoms with Crippen molar-refractivity contribution in [2.45, 2.75) is 0 Å². The monoisotopic (exact) mass is 248 g/mol. The first-order chi connectivity index (χ1) is 8.20. The number of nitriles is 1. The van der Waals surface area contributed by atoms with Crippen LogP contribution in [0.1, 0.15) is 0 Å². The molecule has 0 saturated carbocycles. The van der Waals surface area contributed by atoms with Gasteiger partial charge in [0.15, 0.2) is 6.19 Å². The maximum absolute atomic E-state index is 13.0. The quantitative estimate of drug-likeness (QED) is 0.656. The minimum atomic E-state index is -0.473. The highest BCUT2D eigenvalue weighted by Gasteiger charge is 2.04. The molecule has 0 atom stereocenters. The van der Waals surface area contributed by atoms with Crippen LogP contribution < -0.4 is 5.32 Å². The van der Waals surface area contributed by atoms with Crippen LogP contribution in [0.5, 0.6) is 0 Å². The molecule has 0 amide bonds. The van der Waals surface area contributed by atoms with Crippen molar-refractivity contribution in [3.05, 3.63) is 41.4 Å². The van der Waals surface area contributed by atoms with Gasteiger partial charge >= 0.3 is 0 Å². The number of hydrogen-bond donors (Lipinski definition) is 1. The van der Waals surface area contributed by atoms with Crippen molar-refractivity contribution < 1.29 is 4.39 Å². The highest BCUT2D eigenvalue weighted by Crippen LogP contribution is 2.24. The van der Waals surface area contributed by atoms with Crippen LogP contribution in [0.15, 0.2) is 30.6 Å². The molecule has 0 spiro atoms. The van der Waals surface area contributed by atoms with Crippen LogP contribution in [-0.2, 0) is 0 Å². The van der Waals surface area contributed by atoms with Crippen molar-refractivity contribution in [3.63, 3.8) is 0 Å². The molecule has 0 bridgehead atoms. The predicted molar refractivity (Wildman–Crippen MR) is 61.7 cm³/mol. The summed E-state index contributed by atoms with van der Waals surface area (Å²) >= 11 is 5.67. The van der Waals surface area contributed by atoms with E-state index in [1.807, 2.05) is 0 Å². The molecule has 0 aliphatic rings. The molecular formula is C11H6ClFN4. The van der Waals surface area contributed by atoms with Crippen molar-refractivity contribution in [2.75, 3.05) is 5.32 Å². The predicted octanol–water partition coefficient (Wildman–Crippen LogP) is 2.83. The van der Waals surface area contributed by atoms with E-state index in [0.717, 1.165) is 0 Å². The molecule has 0 aliphatic carbocycles. The number of anilines is 1. The van der Waals surface area contributed by atoms with Crippen LogP contribution in [0.25, 0.3) is 11.1 Å². The molecule has 0 radical (unpaired) electrons. The first kappa shape index (κ1) is 11.3. The van der Waals surface area contributed by atoms with Gasteiger partial charge in [-0.15, -0.1) is 0 Å². The van der Waals surface area contributed by atoms with Gasteiger partial charge in [-0.25, -0.2) is 14.4 Å². The SMILES string of the molecule is N#CNc1ncc(-c2ccc(F)c(Cl)c2)cn1. The van der Waals surface area contributed by atoms with E-state index in [-0.39, 0.29) is 11.0 Å². The summed E-state index contributed by atoms with van der Waals surface area (Å²) in [6.45, 7) is 0. The van der Waals surface area contributed by atoms with Crippen molar-refractivity contribution in [2.24, 2.45) is 0 Å². The molecule has 2 rings (SSSR count). The summed E-state index contributed by atoms with van der Waals surface area (Å²) in [4.78, 5) is 7.83. The zero-order valence-corrected chi connectivity index (χ0v) is 9.24. The Morgan fingerprint density at radius 1 is 1.24 bits per heavy atom. The van der Waals surface area contributed by atoms with Crippen LogP contribution in [0, 0.1) is 17.3 Å². The normalized spacial score (nSPS) is 9.71. The summed E-state index contributed by atoms with van der Waals surface area (Å²) in [6, 6.07) is 4.35. The van der Waals surface area contributed by atoms with E-state index in [1.54, 1.807) is 12.3 Å². The number of nitrogens with one attached hydrogen (secondary N) is 1. The Kier molecular flexibility index (Phi) is 3.17. The molecule has 6 heteroatoms. The lowest BCUT2D eigenvalue weighted by Crippen LogP contribution is -1.95. The Labute approximate surface area is 102 Å². The number of aromatic nitrogens is 2. The van der Waals surface area contributed by atoms with Crippen LogP contribution in [0.4, 0.5) is 10.3 Å². The van der Waals surface area contributed by atoms with Crippen LogP contribution in [0.2, 0.25) is 5.02 Å². The zero-order chi connectivity index (χ0) is 12.3. The molecule has 1 heterocycles. The molecule has 0 fully saturated rings. The fourth-order valence-electron chi connectivity index (χ4n) is 1.27. The number of hydrogen-bond acceptors (Lipinski definition) is 4. The molecule has 0 aliphatic heterocycles. The second-order valence-electron chi connectivity index (χ2n) is 3.16. The third-order valence-corrected chi connectivity index (χ3v) is 2.36. The first-order valence-electron chi connectivity index (χ1n) is 4.63. The third-order valence-electron chi connectivity index (χ3n) is 2.07. The summed E-state index contributed by atoms with van der Waals surface area (Å²) in [6.07, 6.45) is 4.76. The summed E-state index contributed by atoms with van der Waals surface area (Å²) < 4.78 is 13.0. The highest BCUT2D eigenvalue weighted by atomic mass is 35.5. The van der Waals surface area contributed by atoms with Crippen molar-refractivity contribution >= 4 is 17.5 Å². The largest absolute Gasteiger partial charge is 0.261 e. The molecule has 1 N–H and O–H groups in total. The Hall–Kier alpha value is -2.19. The Morgan fingerprint density at radius 3 is 2.53 bits per heavy atom. The standard InChI is InChI=1S/C11H6ClFN4/c12-9-3-7(1-2-10(9)13)8-4-15-11(16-5-8)17-6-14/h1-5H,(H,15,16,17). The lowest BCUT2D eigenvalue weighted by atomic mass is 10.1. The van der Waals surface area contributed by atoms with Gasteiger partial charge in [0.05, 0.1) is 5.02 Å². The average molecular weight is 249 g/mol. The molecule has 0 unspecified atom stereocenters. The summed E-state index contributed by atoms with van der Waals surface area (Å²) in [5.74, 6) is -0.261. The van der Waals surface area contributed by atoms with E-state index in [2.05, 4.69) is 15.3 Å².